The van der Waals surface area contributed by atoms with Gasteiger partial charge >= 0.3 is 0 Å². The van der Waals surface area contributed by atoms with Gasteiger partial charge in [0.1, 0.15) is 5.78 Å². The summed E-state index contributed by atoms with van der Waals surface area (Å²) in [5, 5.41) is 0. The molecule has 0 aromatic carbocycles. The third-order valence-corrected chi connectivity index (χ3v) is 4.47. The van der Waals surface area contributed by atoms with Crippen LogP contribution in [0.3, 0.4) is 0 Å². The van der Waals surface area contributed by atoms with Crippen LogP contribution in [0.25, 0.3) is 0 Å². The molecule has 2 nitrogen and oxygen atoms in total. The van der Waals surface area contributed by atoms with Gasteiger partial charge in [0.15, 0.2) is 5.78 Å². The first kappa shape index (κ1) is 18.6. The number of hydrogen-bond acceptors (Lipinski definition) is 2. The maximum absolute atomic E-state index is 12.7. The molecule has 0 spiro atoms. The number of Topliss-reactive ketones (excluding diaryl/α,β-unsaturated/α-hetero) is 1. The molecule has 0 N–H and O–H groups in total. The largest absolute Gasteiger partial charge is 0.299 e. The molecular weight excluding hydrogens is 272 g/mol. The highest BCUT2D eigenvalue weighted by Crippen LogP contribution is 2.30. The van der Waals surface area contributed by atoms with Gasteiger partial charge in [-0.15, -0.1) is 0 Å². The Morgan fingerprint density at radius 2 is 1.77 bits per heavy atom. The molecule has 1 unspecified atom stereocenters. The topological polar surface area (TPSA) is 34.1 Å². The predicted molar refractivity (Wildman–Crippen MR) is 92.7 cm³/mol. The summed E-state index contributed by atoms with van der Waals surface area (Å²) < 4.78 is 0. The third-order valence-electron chi connectivity index (χ3n) is 4.47. The van der Waals surface area contributed by atoms with Gasteiger partial charge in [0.05, 0.1) is 0 Å². The number of ketones is 2. The molecule has 0 radical (unpaired) electrons. The second kappa shape index (κ2) is 8.26. The monoisotopic (exact) mass is 302 g/mol. The average Bonchev–Trinajstić information content (AvgIpc) is 2.48. The Bertz CT molecular complexity index is 506. The van der Waals surface area contributed by atoms with E-state index in [9.17, 15) is 9.59 Å². The molecule has 0 aliphatic heterocycles. The molecule has 1 rings (SSSR count). The first-order valence-corrected chi connectivity index (χ1v) is 8.32. The van der Waals surface area contributed by atoms with E-state index in [4.69, 9.17) is 0 Å². The van der Waals surface area contributed by atoms with Gasteiger partial charge in [-0.1, -0.05) is 43.2 Å². The van der Waals surface area contributed by atoms with Crippen LogP contribution < -0.4 is 0 Å². The number of hydrogen-bond donors (Lipinski definition) is 0. The minimum absolute atomic E-state index is 0.0276. The van der Waals surface area contributed by atoms with Crippen LogP contribution in [0.15, 0.2) is 35.5 Å². The molecule has 0 heterocycles. The first-order chi connectivity index (χ1) is 10.2. The molecular formula is C20H30O2. The number of rotatable bonds is 3. The van der Waals surface area contributed by atoms with Gasteiger partial charge in [0.2, 0.25) is 0 Å². The lowest BCUT2D eigenvalue weighted by Gasteiger charge is -2.23. The van der Waals surface area contributed by atoms with E-state index in [1.165, 1.54) is 11.1 Å². The Balaban J connectivity index is 3.03. The van der Waals surface area contributed by atoms with E-state index in [0.717, 1.165) is 19.3 Å². The summed E-state index contributed by atoms with van der Waals surface area (Å²) in [5.74, 6) is 0.277. The molecule has 2 heteroatoms. The summed E-state index contributed by atoms with van der Waals surface area (Å²) in [6.45, 7) is 9.94. The zero-order valence-electron chi connectivity index (χ0n) is 14.7. The predicted octanol–water partition coefficient (Wildman–Crippen LogP) is 5.20. The van der Waals surface area contributed by atoms with Crippen molar-refractivity contribution in [2.75, 3.05) is 0 Å². The van der Waals surface area contributed by atoms with E-state index in [1.54, 1.807) is 6.08 Å². The average molecular weight is 302 g/mol. The molecule has 122 valence electrons. The fraction of sp³-hybridized carbons (Fsp3) is 0.600. The Morgan fingerprint density at radius 1 is 1.14 bits per heavy atom. The minimum atomic E-state index is -0.573. The van der Waals surface area contributed by atoms with E-state index < -0.39 is 5.41 Å². The zero-order valence-corrected chi connectivity index (χ0v) is 14.7. The van der Waals surface area contributed by atoms with Gasteiger partial charge < -0.3 is 0 Å². The Labute approximate surface area is 135 Å². The molecule has 1 aliphatic carbocycles. The fourth-order valence-corrected chi connectivity index (χ4v) is 2.47. The lowest BCUT2D eigenvalue weighted by molar-refractivity contribution is -0.125. The van der Waals surface area contributed by atoms with E-state index in [1.807, 2.05) is 26.8 Å². The van der Waals surface area contributed by atoms with Crippen molar-refractivity contribution >= 4 is 11.6 Å². The summed E-state index contributed by atoms with van der Waals surface area (Å²) in [5.41, 5.74) is 2.03. The Hall–Kier alpha value is -1.44. The molecule has 0 fully saturated rings. The van der Waals surface area contributed by atoms with Crippen molar-refractivity contribution in [1.82, 2.24) is 0 Å². The van der Waals surface area contributed by atoms with Crippen molar-refractivity contribution in [3.05, 3.63) is 35.5 Å². The quantitative estimate of drug-likeness (QED) is 0.530. The van der Waals surface area contributed by atoms with Crippen LogP contribution in [0.1, 0.15) is 66.7 Å². The summed E-state index contributed by atoms with van der Waals surface area (Å²) >= 11 is 0. The molecule has 0 saturated carbocycles. The van der Waals surface area contributed by atoms with Crippen molar-refractivity contribution in [3.63, 3.8) is 0 Å². The standard InChI is InChI=1S/C20H30O2/c1-15(2)18(21)12-14-20(5)13-11-17(4)8-6-7-16(3)9-10-19(20)22/h7,11-12,14-15H,6,8-10,13H2,1-5H3/b14-12+,16-7+,17-11+. The lowest BCUT2D eigenvalue weighted by Crippen LogP contribution is -2.25. The van der Waals surface area contributed by atoms with E-state index in [2.05, 4.69) is 26.0 Å². The number of carbonyl (C=O) groups excluding carboxylic acids is 2. The third kappa shape index (κ3) is 5.75. The molecule has 0 aromatic rings. The summed E-state index contributed by atoms with van der Waals surface area (Å²) in [6, 6.07) is 0. The highest BCUT2D eigenvalue weighted by Gasteiger charge is 2.29. The summed E-state index contributed by atoms with van der Waals surface area (Å²) in [7, 11) is 0. The van der Waals surface area contributed by atoms with Crippen LogP contribution in [0, 0.1) is 11.3 Å². The number of allylic oxidation sites excluding steroid dienone is 6. The van der Waals surface area contributed by atoms with Crippen LogP contribution in [0.2, 0.25) is 0 Å². The van der Waals surface area contributed by atoms with Gasteiger partial charge in [-0.3, -0.25) is 9.59 Å². The highest BCUT2D eigenvalue weighted by atomic mass is 16.1. The highest BCUT2D eigenvalue weighted by molar-refractivity contribution is 5.93. The van der Waals surface area contributed by atoms with Crippen molar-refractivity contribution < 1.29 is 9.59 Å². The van der Waals surface area contributed by atoms with Crippen molar-refractivity contribution in [2.45, 2.75) is 66.7 Å². The Morgan fingerprint density at radius 3 is 2.41 bits per heavy atom. The summed E-state index contributed by atoms with van der Waals surface area (Å²) in [4.78, 5) is 24.5. The van der Waals surface area contributed by atoms with Crippen molar-refractivity contribution in [1.29, 1.82) is 0 Å². The second-order valence-corrected chi connectivity index (χ2v) is 7.07. The lowest BCUT2D eigenvalue weighted by atomic mass is 9.79. The van der Waals surface area contributed by atoms with Gasteiger partial charge in [0.25, 0.3) is 0 Å². The molecule has 0 saturated heterocycles. The summed E-state index contributed by atoms with van der Waals surface area (Å²) in [6.07, 6.45) is 12.0. The van der Waals surface area contributed by atoms with Gasteiger partial charge in [-0.05, 0) is 52.5 Å². The van der Waals surface area contributed by atoms with E-state index >= 15 is 0 Å². The maximum Gasteiger partial charge on any atom is 0.157 e. The van der Waals surface area contributed by atoms with Gasteiger partial charge in [0, 0.05) is 17.8 Å². The fourth-order valence-electron chi connectivity index (χ4n) is 2.47. The van der Waals surface area contributed by atoms with Crippen molar-refractivity contribution in [2.24, 2.45) is 11.3 Å². The normalized spacial score (nSPS) is 29.6. The van der Waals surface area contributed by atoms with Gasteiger partial charge in [-0.2, -0.15) is 0 Å². The van der Waals surface area contributed by atoms with E-state index in [0.29, 0.717) is 12.8 Å². The smallest absolute Gasteiger partial charge is 0.157 e. The SMILES string of the molecule is C/C1=C\CC(C)(/C=C/C(=O)C(C)C)C(=O)CC/C(C)=C/CC1. The van der Waals surface area contributed by atoms with Crippen LogP contribution in [-0.2, 0) is 9.59 Å². The molecule has 0 amide bonds. The molecule has 0 aromatic heterocycles. The molecule has 22 heavy (non-hydrogen) atoms. The first-order valence-electron chi connectivity index (χ1n) is 8.32. The minimum Gasteiger partial charge on any atom is -0.299 e. The molecule has 0 bridgehead atoms. The maximum atomic E-state index is 12.7. The Kier molecular flexibility index (Phi) is 6.99. The zero-order chi connectivity index (χ0) is 16.8. The van der Waals surface area contributed by atoms with Gasteiger partial charge in [-0.25, -0.2) is 0 Å². The second-order valence-electron chi connectivity index (χ2n) is 7.07. The van der Waals surface area contributed by atoms with Crippen LogP contribution in [0.5, 0.6) is 0 Å². The molecule has 1 atom stereocenters. The molecule has 1 aliphatic rings. The number of carbonyl (C=O) groups is 2. The van der Waals surface area contributed by atoms with Crippen LogP contribution in [-0.4, -0.2) is 11.6 Å². The van der Waals surface area contributed by atoms with E-state index in [-0.39, 0.29) is 17.5 Å². The van der Waals surface area contributed by atoms with Crippen LogP contribution >= 0.6 is 0 Å². The van der Waals surface area contributed by atoms with Crippen molar-refractivity contribution in [3.8, 4) is 0 Å². The van der Waals surface area contributed by atoms with Crippen LogP contribution in [0.4, 0.5) is 0 Å².